The van der Waals surface area contributed by atoms with E-state index < -0.39 is 10.0 Å². The van der Waals surface area contributed by atoms with Crippen LogP contribution < -0.4 is 0 Å². The van der Waals surface area contributed by atoms with Crippen LogP contribution in [0.2, 0.25) is 0 Å². The number of sulfonamides is 1. The van der Waals surface area contributed by atoms with Crippen LogP contribution in [0, 0.1) is 5.92 Å². The molecule has 7 heteroatoms. The number of halogens is 1. The Morgan fingerprint density at radius 2 is 2.29 bits per heavy atom. The number of nitrogens with one attached hydrogen (secondary N) is 1. The first-order valence-corrected chi connectivity index (χ1v) is 7.57. The van der Waals surface area contributed by atoms with Gasteiger partial charge in [0.15, 0.2) is 5.03 Å². The Bertz CT molecular complexity index is 481. The molecule has 1 aliphatic carbocycles. The first-order chi connectivity index (χ1) is 8.05. The van der Waals surface area contributed by atoms with Crippen molar-refractivity contribution >= 4 is 21.6 Å². The van der Waals surface area contributed by atoms with Crippen molar-refractivity contribution < 1.29 is 8.42 Å². The Kier molecular flexibility index (Phi) is 3.75. The maximum absolute atomic E-state index is 12.2. The van der Waals surface area contributed by atoms with Crippen LogP contribution in [0.1, 0.15) is 24.8 Å². The number of hydrogen-bond donors (Lipinski definition) is 1. The van der Waals surface area contributed by atoms with E-state index in [1.807, 2.05) is 0 Å². The third-order valence-corrected chi connectivity index (χ3v) is 5.36. The molecule has 0 unspecified atom stereocenters. The maximum atomic E-state index is 12.2. The van der Waals surface area contributed by atoms with Gasteiger partial charge in [-0.25, -0.2) is 8.42 Å². The van der Waals surface area contributed by atoms with Gasteiger partial charge in [-0.1, -0.05) is 6.42 Å². The van der Waals surface area contributed by atoms with E-state index in [1.54, 1.807) is 7.05 Å². The number of alkyl halides is 1. The van der Waals surface area contributed by atoms with Crippen LogP contribution in [0.15, 0.2) is 11.2 Å². The fourth-order valence-electron chi connectivity index (χ4n) is 1.91. The molecule has 1 heterocycles. The summed E-state index contributed by atoms with van der Waals surface area (Å²) in [5.74, 6) is 0.639. The zero-order chi connectivity index (χ0) is 12.5. The molecule has 0 aromatic carbocycles. The summed E-state index contributed by atoms with van der Waals surface area (Å²) in [6.45, 7) is 0.572. The molecule has 0 bridgehead atoms. The lowest BCUT2D eigenvalue weighted by Crippen LogP contribution is -2.34. The van der Waals surface area contributed by atoms with Crippen molar-refractivity contribution in [1.82, 2.24) is 14.5 Å². The van der Waals surface area contributed by atoms with Gasteiger partial charge in [0.05, 0.1) is 12.1 Å². The van der Waals surface area contributed by atoms with Gasteiger partial charge in [0.1, 0.15) is 0 Å². The van der Waals surface area contributed by atoms with Gasteiger partial charge in [-0.3, -0.25) is 5.10 Å². The smallest absolute Gasteiger partial charge is 0.260 e. The Labute approximate surface area is 106 Å². The van der Waals surface area contributed by atoms with Crippen LogP contribution in [0.4, 0.5) is 0 Å². The van der Waals surface area contributed by atoms with Gasteiger partial charge in [0.25, 0.3) is 10.0 Å². The zero-order valence-electron chi connectivity index (χ0n) is 9.69. The molecule has 17 heavy (non-hydrogen) atoms. The second kappa shape index (κ2) is 4.96. The highest BCUT2D eigenvalue weighted by Gasteiger charge is 2.29. The lowest BCUT2D eigenvalue weighted by atomic mass is 9.86. The molecule has 1 aromatic heterocycles. The largest absolute Gasteiger partial charge is 0.266 e. The van der Waals surface area contributed by atoms with Gasteiger partial charge < -0.3 is 0 Å². The summed E-state index contributed by atoms with van der Waals surface area (Å²) in [5.41, 5.74) is 0.520. The molecule has 1 aliphatic rings. The number of H-pyrrole nitrogens is 1. The monoisotopic (exact) mass is 277 g/mol. The van der Waals surface area contributed by atoms with Crippen LogP contribution in [0.5, 0.6) is 0 Å². The van der Waals surface area contributed by atoms with Crippen LogP contribution >= 0.6 is 11.6 Å². The van der Waals surface area contributed by atoms with E-state index in [0.717, 1.165) is 12.8 Å². The Balaban J connectivity index is 2.16. The van der Waals surface area contributed by atoms with Crippen molar-refractivity contribution in [2.75, 3.05) is 13.6 Å². The lowest BCUT2D eigenvalue weighted by Gasteiger charge is -2.29. The van der Waals surface area contributed by atoms with E-state index >= 15 is 0 Å². The quantitative estimate of drug-likeness (QED) is 0.831. The summed E-state index contributed by atoms with van der Waals surface area (Å²) in [7, 11) is -1.88. The number of aromatic amines is 1. The van der Waals surface area contributed by atoms with Gasteiger partial charge in [0, 0.05) is 19.2 Å². The molecular weight excluding hydrogens is 262 g/mol. The summed E-state index contributed by atoms with van der Waals surface area (Å²) in [4.78, 5) is 0. The first kappa shape index (κ1) is 12.9. The predicted octanol–water partition coefficient (Wildman–Crippen LogP) is 1.57. The normalized spacial score (nSPS) is 17.4. The number of nitrogens with zero attached hydrogens (tertiary/aromatic N) is 2. The van der Waals surface area contributed by atoms with Crippen molar-refractivity contribution in [3.63, 3.8) is 0 Å². The minimum Gasteiger partial charge on any atom is -0.266 e. The highest BCUT2D eigenvalue weighted by Crippen LogP contribution is 2.28. The summed E-state index contributed by atoms with van der Waals surface area (Å²) < 4.78 is 25.9. The minimum absolute atomic E-state index is 0.120. The fraction of sp³-hybridized carbons (Fsp3) is 0.700. The fourth-order valence-corrected chi connectivity index (χ4v) is 3.54. The van der Waals surface area contributed by atoms with E-state index in [1.165, 1.54) is 16.9 Å². The topological polar surface area (TPSA) is 66.1 Å². The molecule has 1 fully saturated rings. The Morgan fingerprint density at radius 1 is 1.59 bits per heavy atom. The van der Waals surface area contributed by atoms with Crippen LogP contribution in [0.25, 0.3) is 0 Å². The van der Waals surface area contributed by atoms with Crippen molar-refractivity contribution in [3.05, 3.63) is 11.8 Å². The standard InChI is InChI=1S/C10H16ClN3O2S/c1-14(7-8-3-2-4-8)17(15,16)10-9(5-11)6-12-13-10/h6,8H,2-5,7H2,1H3,(H,12,13). The Hall–Kier alpha value is -0.590. The molecule has 0 spiro atoms. The molecule has 5 nitrogen and oxygen atoms in total. The summed E-state index contributed by atoms with van der Waals surface area (Å²) in [5, 5.41) is 6.38. The second-order valence-electron chi connectivity index (χ2n) is 4.44. The molecule has 96 valence electrons. The van der Waals surface area contributed by atoms with Crippen molar-refractivity contribution in [2.24, 2.45) is 5.92 Å². The average Bonchev–Trinajstić information content (AvgIpc) is 2.71. The van der Waals surface area contributed by atoms with Gasteiger partial charge in [-0.2, -0.15) is 9.40 Å². The van der Waals surface area contributed by atoms with Crippen molar-refractivity contribution in [2.45, 2.75) is 30.2 Å². The summed E-state index contributed by atoms with van der Waals surface area (Å²) in [6.07, 6.45) is 4.89. The van der Waals surface area contributed by atoms with Crippen molar-refractivity contribution in [3.8, 4) is 0 Å². The van der Waals surface area contributed by atoms with Gasteiger partial charge in [0.2, 0.25) is 0 Å². The molecular formula is C10H16ClN3O2S. The molecule has 1 aromatic rings. The Morgan fingerprint density at radius 3 is 2.82 bits per heavy atom. The SMILES string of the molecule is CN(CC1CCC1)S(=O)(=O)c1[nH]ncc1CCl. The molecule has 0 atom stereocenters. The molecule has 2 rings (SSSR count). The summed E-state index contributed by atoms with van der Waals surface area (Å²) >= 11 is 5.69. The highest BCUT2D eigenvalue weighted by molar-refractivity contribution is 7.89. The predicted molar refractivity (Wildman–Crippen MR) is 65.3 cm³/mol. The van der Waals surface area contributed by atoms with E-state index in [9.17, 15) is 8.42 Å². The average molecular weight is 278 g/mol. The van der Waals surface area contributed by atoms with E-state index in [2.05, 4.69) is 10.2 Å². The maximum Gasteiger partial charge on any atom is 0.260 e. The zero-order valence-corrected chi connectivity index (χ0v) is 11.3. The molecule has 1 N–H and O–H groups in total. The van der Waals surface area contributed by atoms with E-state index in [0.29, 0.717) is 18.0 Å². The van der Waals surface area contributed by atoms with Crippen molar-refractivity contribution in [1.29, 1.82) is 0 Å². The number of aromatic nitrogens is 2. The molecule has 0 aliphatic heterocycles. The first-order valence-electron chi connectivity index (χ1n) is 5.60. The van der Waals surface area contributed by atoms with Gasteiger partial charge in [-0.05, 0) is 18.8 Å². The van der Waals surface area contributed by atoms with Gasteiger partial charge >= 0.3 is 0 Å². The lowest BCUT2D eigenvalue weighted by molar-refractivity contribution is 0.262. The van der Waals surface area contributed by atoms with Crippen LogP contribution in [0.3, 0.4) is 0 Å². The highest BCUT2D eigenvalue weighted by atomic mass is 35.5. The molecule has 0 amide bonds. The number of hydrogen-bond acceptors (Lipinski definition) is 3. The van der Waals surface area contributed by atoms with E-state index in [-0.39, 0.29) is 10.9 Å². The van der Waals surface area contributed by atoms with E-state index in [4.69, 9.17) is 11.6 Å². The molecule has 1 saturated carbocycles. The summed E-state index contributed by atoms with van der Waals surface area (Å²) in [6, 6.07) is 0. The number of rotatable bonds is 5. The van der Waals surface area contributed by atoms with Crippen LogP contribution in [-0.4, -0.2) is 36.5 Å². The van der Waals surface area contributed by atoms with Crippen LogP contribution in [-0.2, 0) is 15.9 Å². The third kappa shape index (κ3) is 2.48. The second-order valence-corrected chi connectivity index (χ2v) is 6.69. The molecule has 0 radical (unpaired) electrons. The van der Waals surface area contributed by atoms with Gasteiger partial charge in [-0.15, -0.1) is 11.6 Å². The minimum atomic E-state index is -3.48. The third-order valence-electron chi connectivity index (χ3n) is 3.23. The molecule has 0 saturated heterocycles.